The quantitative estimate of drug-likeness (QED) is 0.519. The molecule has 0 aromatic rings. The molecular weight excluding hydrogens is 124 g/mol. The van der Waals surface area contributed by atoms with E-state index in [4.69, 9.17) is 4.74 Å². The van der Waals surface area contributed by atoms with Crippen LogP contribution < -0.4 is 0 Å². The Hall–Kier alpha value is -0.0400. The fraction of sp³-hybridized carbons (Fsp3) is 0.889. The summed E-state index contributed by atoms with van der Waals surface area (Å²) in [6.45, 7) is 8.04. The summed E-state index contributed by atoms with van der Waals surface area (Å²) in [6.07, 6.45) is 5.53. The molecule has 10 heavy (non-hydrogen) atoms. The van der Waals surface area contributed by atoms with E-state index >= 15 is 0 Å². The molecule has 0 saturated carbocycles. The Balaban J connectivity index is 2.97. The first kappa shape index (κ1) is 9.96. The lowest BCUT2D eigenvalue weighted by Crippen LogP contribution is -2.04. The van der Waals surface area contributed by atoms with Gasteiger partial charge >= 0.3 is 0 Å². The molecule has 0 saturated heterocycles. The van der Waals surface area contributed by atoms with E-state index in [9.17, 15) is 0 Å². The molecule has 0 aromatic carbocycles. The second-order valence-electron chi connectivity index (χ2n) is 2.68. The molecule has 0 rings (SSSR count). The summed E-state index contributed by atoms with van der Waals surface area (Å²) >= 11 is 0. The number of hydrogen-bond acceptors (Lipinski definition) is 1. The SMILES string of the molecule is C[CH]OC(C)CCCCC. The summed E-state index contributed by atoms with van der Waals surface area (Å²) in [5.41, 5.74) is 0. The van der Waals surface area contributed by atoms with Gasteiger partial charge in [0.15, 0.2) is 0 Å². The molecular formula is C9H19O. The Morgan fingerprint density at radius 2 is 2.10 bits per heavy atom. The topological polar surface area (TPSA) is 9.23 Å². The zero-order valence-corrected chi connectivity index (χ0v) is 7.39. The van der Waals surface area contributed by atoms with Crippen LogP contribution in [0.5, 0.6) is 0 Å². The third kappa shape index (κ3) is 6.09. The van der Waals surface area contributed by atoms with Gasteiger partial charge in [0.1, 0.15) is 0 Å². The molecule has 0 aliphatic heterocycles. The lowest BCUT2D eigenvalue weighted by molar-refractivity contribution is 0.114. The van der Waals surface area contributed by atoms with Crippen molar-refractivity contribution in [2.75, 3.05) is 0 Å². The van der Waals surface area contributed by atoms with E-state index in [0.29, 0.717) is 6.10 Å². The minimum absolute atomic E-state index is 0.413. The highest BCUT2D eigenvalue weighted by molar-refractivity contribution is 4.52. The maximum absolute atomic E-state index is 5.26. The average molecular weight is 143 g/mol. The van der Waals surface area contributed by atoms with Crippen molar-refractivity contribution in [3.63, 3.8) is 0 Å². The van der Waals surface area contributed by atoms with Crippen molar-refractivity contribution >= 4 is 0 Å². The van der Waals surface area contributed by atoms with Crippen LogP contribution in [0.3, 0.4) is 0 Å². The van der Waals surface area contributed by atoms with Gasteiger partial charge in [-0.05, 0) is 20.3 Å². The van der Waals surface area contributed by atoms with Gasteiger partial charge in [-0.1, -0.05) is 26.2 Å². The van der Waals surface area contributed by atoms with Crippen molar-refractivity contribution in [1.82, 2.24) is 0 Å². The smallest absolute Gasteiger partial charge is 0.0809 e. The van der Waals surface area contributed by atoms with Crippen LogP contribution in [0.1, 0.15) is 46.5 Å². The zero-order valence-electron chi connectivity index (χ0n) is 7.39. The van der Waals surface area contributed by atoms with E-state index < -0.39 is 0 Å². The number of ether oxygens (including phenoxy) is 1. The first-order chi connectivity index (χ1) is 4.81. The molecule has 0 heterocycles. The van der Waals surface area contributed by atoms with Crippen LogP contribution in [0.15, 0.2) is 0 Å². The summed E-state index contributed by atoms with van der Waals surface area (Å²) in [4.78, 5) is 0. The summed E-state index contributed by atoms with van der Waals surface area (Å²) in [5, 5.41) is 0. The Kier molecular flexibility index (Phi) is 7.04. The van der Waals surface area contributed by atoms with Gasteiger partial charge in [0.25, 0.3) is 0 Å². The van der Waals surface area contributed by atoms with E-state index in [-0.39, 0.29) is 0 Å². The summed E-state index contributed by atoms with van der Waals surface area (Å²) in [5.74, 6) is 0. The minimum atomic E-state index is 0.413. The van der Waals surface area contributed by atoms with E-state index in [2.05, 4.69) is 13.8 Å². The lowest BCUT2D eigenvalue weighted by atomic mass is 10.1. The largest absolute Gasteiger partial charge is 0.373 e. The first-order valence-electron chi connectivity index (χ1n) is 4.24. The monoisotopic (exact) mass is 143 g/mol. The minimum Gasteiger partial charge on any atom is -0.373 e. The Morgan fingerprint density at radius 1 is 1.40 bits per heavy atom. The van der Waals surface area contributed by atoms with Crippen LogP contribution in [0.25, 0.3) is 0 Å². The third-order valence-corrected chi connectivity index (χ3v) is 1.58. The number of unbranched alkanes of at least 4 members (excludes halogenated alkanes) is 2. The summed E-state index contributed by atoms with van der Waals surface area (Å²) in [7, 11) is 0. The second-order valence-corrected chi connectivity index (χ2v) is 2.68. The molecule has 1 nitrogen and oxygen atoms in total. The lowest BCUT2D eigenvalue weighted by Gasteiger charge is -2.09. The van der Waals surface area contributed by atoms with Crippen LogP contribution in [-0.2, 0) is 4.74 Å². The Labute approximate surface area is 64.8 Å². The molecule has 1 unspecified atom stereocenters. The molecule has 1 heteroatoms. The molecule has 0 aliphatic rings. The van der Waals surface area contributed by atoms with Gasteiger partial charge in [-0.15, -0.1) is 0 Å². The molecule has 0 aromatic heterocycles. The van der Waals surface area contributed by atoms with Crippen LogP contribution in [-0.4, -0.2) is 6.10 Å². The zero-order chi connectivity index (χ0) is 7.82. The first-order valence-corrected chi connectivity index (χ1v) is 4.24. The molecule has 0 bridgehead atoms. The molecule has 0 amide bonds. The van der Waals surface area contributed by atoms with Crippen molar-refractivity contribution in [2.24, 2.45) is 0 Å². The van der Waals surface area contributed by atoms with E-state index in [1.165, 1.54) is 25.7 Å². The Bertz CT molecular complexity index is 61.7. The molecule has 0 N–H and O–H groups in total. The molecule has 0 fully saturated rings. The maximum atomic E-state index is 5.26. The van der Waals surface area contributed by atoms with Crippen molar-refractivity contribution in [3.05, 3.63) is 6.61 Å². The van der Waals surface area contributed by atoms with Gasteiger partial charge in [0.2, 0.25) is 0 Å². The Morgan fingerprint density at radius 3 is 2.60 bits per heavy atom. The predicted octanol–water partition coefficient (Wildman–Crippen LogP) is 3.15. The van der Waals surface area contributed by atoms with Crippen LogP contribution in [0.2, 0.25) is 0 Å². The van der Waals surface area contributed by atoms with Crippen LogP contribution in [0.4, 0.5) is 0 Å². The van der Waals surface area contributed by atoms with Crippen molar-refractivity contribution in [3.8, 4) is 0 Å². The molecule has 0 spiro atoms. The van der Waals surface area contributed by atoms with E-state index in [1.807, 2.05) is 6.92 Å². The normalized spacial score (nSPS) is 13.5. The van der Waals surface area contributed by atoms with E-state index in [1.54, 1.807) is 6.61 Å². The maximum Gasteiger partial charge on any atom is 0.0809 e. The van der Waals surface area contributed by atoms with Gasteiger partial charge in [-0.3, -0.25) is 0 Å². The third-order valence-electron chi connectivity index (χ3n) is 1.58. The van der Waals surface area contributed by atoms with Gasteiger partial charge in [0.05, 0.1) is 12.7 Å². The molecule has 0 aliphatic carbocycles. The molecule has 1 atom stereocenters. The van der Waals surface area contributed by atoms with Gasteiger partial charge < -0.3 is 4.74 Å². The highest BCUT2D eigenvalue weighted by Crippen LogP contribution is 2.06. The van der Waals surface area contributed by atoms with Crippen molar-refractivity contribution in [1.29, 1.82) is 0 Å². The molecule has 61 valence electrons. The van der Waals surface area contributed by atoms with Crippen molar-refractivity contribution in [2.45, 2.75) is 52.6 Å². The molecule has 1 radical (unpaired) electrons. The summed E-state index contributed by atoms with van der Waals surface area (Å²) < 4.78 is 5.26. The van der Waals surface area contributed by atoms with Gasteiger partial charge in [0, 0.05) is 0 Å². The highest BCUT2D eigenvalue weighted by atomic mass is 16.5. The van der Waals surface area contributed by atoms with E-state index in [0.717, 1.165) is 0 Å². The highest BCUT2D eigenvalue weighted by Gasteiger charge is 1.98. The second kappa shape index (κ2) is 7.07. The van der Waals surface area contributed by atoms with Gasteiger partial charge in [-0.2, -0.15) is 0 Å². The van der Waals surface area contributed by atoms with Crippen LogP contribution in [0, 0.1) is 6.61 Å². The van der Waals surface area contributed by atoms with Crippen LogP contribution >= 0.6 is 0 Å². The number of hydrogen-bond donors (Lipinski definition) is 0. The van der Waals surface area contributed by atoms with Gasteiger partial charge in [-0.25, -0.2) is 0 Å². The fourth-order valence-corrected chi connectivity index (χ4v) is 0.982. The standard InChI is InChI=1S/C9H19O/c1-4-6-7-8-9(3)10-5-2/h5,9H,4,6-8H2,1-3H3. The summed E-state index contributed by atoms with van der Waals surface area (Å²) in [6, 6.07) is 0. The van der Waals surface area contributed by atoms with Crippen molar-refractivity contribution < 1.29 is 4.74 Å². The fourth-order valence-electron chi connectivity index (χ4n) is 0.982. The number of rotatable bonds is 6. The predicted molar refractivity (Wildman–Crippen MR) is 44.7 cm³/mol. The average Bonchev–Trinajstić information content (AvgIpc) is 1.89.